The first-order valence-electron chi connectivity index (χ1n) is 6.78. The molecule has 1 aromatic rings. The molecule has 1 unspecified atom stereocenters. The lowest BCUT2D eigenvalue weighted by Crippen LogP contribution is -2.31. The Bertz CT molecular complexity index is 448. The number of ether oxygens (including phenoxy) is 1. The van der Waals surface area contributed by atoms with E-state index in [1.54, 1.807) is 18.3 Å². The monoisotopic (exact) mass is 295 g/mol. The molecule has 1 aliphatic heterocycles. The SMILES string of the molecule is CN(C)CCNC(=O)c1ccnc(OC2CCSC2)c1. The van der Waals surface area contributed by atoms with Crippen molar-refractivity contribution >= 4 is 17.7 Å². The fourth-order valence-corrected chi connectivity index (χ4v) is 2.98. The molecule has 110 valence electrons. The predicted molar refractivity (Wildman–Crippen MR) is 81.5 cm³/mol. The summed E-state index contributed by atoms with van der Waals surface area (Å²) in [7, 11) is 3.95. The number of hydrogen-bond acceptors (Lipinski definition) is 5. The van der Waals surface area contributed by atoms with Crippen molar-refractivity contribution in [2.75, 3.05) is 38.7 Å². The maximum atomic E-state index is 12.0. The first-order chi connectivity index (χ1) is 9.65. The lowest BCUT2D eigenvalue weighted by molar-refractivity contribution is 0.0950. The highest BCUT2D eigenvalue weighted by Gasteiger charge is 2.18. The van der Waals surface area contributed by atoms with E-state index in [1.165, 1.54) is 0 Å². The number of rotatable bonds is 6. The molecule has 6 heteroatoms. The number of hydrogen-bond donors (Lipinski definition) is 1. The molecule has 2 heterocycles. The molecule has 1 fully saturated rings. The summed E-state index contributed by atoms with van der Waals surface area (Å²) in [5, 5.41) is 2.88. The Balaban J connectivity index is 1.89. The first kappa shape index (κ1) is 15.1. The fraction of sp³-hybridized carbons (Fsp3) is 0.571. The quantitative estimate of drug-likeness (QED) is 0.856. The van der Waals surface area contributed by atoms with E-state index in [9.17, 15) is 4.79 Å². The second kappa shape index (κ2) is 7.50. The zero-order valence-electron chi connectivity index (χ0n) is 12.0. The Labute approximate surface area is 124 Å². The van der Waals surface area contributed by atoms with Crippen LogP contribution in [0.1, 0.15) is 16.8 Å². The lowest BCUT2D eigenvalue weighted by atomic mass is 10.2. The standard InChI is InChI=1S/C14H21N3O2S/c1-17(2)7-6-16-14(18)11-3-5-15-13(9-11)19-12-4-8-20-10-12/h3,5,9,12H,4,6-8,10H2,1-2H3,(H,16,18). The van der Waals surface area contributed by atoms with Crippen LogP contribution in [0.25, 0.3) is 0 Å². The number of carbonyl (C=O) groups excluding carboxylic acids is 1. The van der Waals surface area contributed by atoms with Gasteiger partial charge in [-0.1, -0.05) is 0 Å². The van der Waals surface area contributed by atoms with Crippen molar-refractivity contribution in [1.29, 1.82) is 0 Å². The topological polar surface area (TPSA) is 54.5 Å². The van der Waals surface area contributed by atoms with Crippen molar-refractivity contribution in [3.63, 3.8) is 0 Å². The average molecular weight is 295 g/mol. The molecule has 1 atom stereocenters. The minimum Gasteiger partial charge on any atom is -0.473 e. The Morgan fingerprint density at radius 2 is 2.45 bits per heavy atom. The van der Waals surface area contributed by atoms with Gasteiger partial charge in [0, 0.05) is 36.7 Å². The zero-order valence-corrected chi connectivity index (χ0v) is 12.8. The summed E-state index contributed by atoms with van der Waals surface area (Å²) in [5.41, 5.74) is 0.597. The van der Waals surface area contributed by atoms with E-state index in [-0.39, 0.29) is 12.0 Å². The van der Waals surface area contributed by atoms with Gasteiger partial charge in [-0.25, -0.2) is 4.98 Å². The lowest BCUT2D eigenvalue weighted by Gasteiger charge is -2.13. The van der Waals surface area contributed by atoms with Gasteiger partial charge in [0.2, 0.25) is 5.88 Å². The van der Waals surface area contributed by atoms with Gasteiger partial charge in [0.1, 0.15) is 6.10 Å². The van der Waals surface area contributed by atoms with Crippen LogP contribution in [0.4, 0.5) is 0 Å². The van der Waals surface area contributed by atoms with Crippen molar-refractivity contribution in [1.82, 2.24) is 15.2 Å². The van der Waals surface area contributed by atoms with Crippen LogP contribution in [0.5, 0.6) is 5.88 Å². The largest absolute Gasteiger partial charge is 0.473 e. The van der Waals surface area contributed by atoms with Gasteiger partial charge in [0.05, 0.1) is 0 Å². The predicted octanol–water partition coefficient (Wildman–Crippen LogP) is 1.26. The van der Waals surface area contributed by atoms with Crippen molar-refractivity contribution in [3.8, 4) is 5.88 Å². The molecule has 0 aromatic carbocycles. The minimum atomic E-state index is -0.0834. The highest BCUT2D eigenvalue weighted by atomic mass is 32.2. The fourth-order valence-electron chi connectivity index (χ4n) is 1.89. The third kappa shape index (κ3) is 4.68. The van der Waals surface area contributed by atoms with Crippen LogP contribution >= 0.6 is 11.8 Å². The van der Waals surface area contributed by atoms with E-state index < -0.39 is 0 Å². The molecule has 1 amide bonds. The van der Waals surface area contributed by atoms with E-state index in [0.29, 0.717) is 18.0 Å². The third-order valence-corrected chi connectivity index (χ3v) is 4.15. The number of thioether (sulfide) groups is 1. The highest BCUT2D eigenvalue weighted by Crippen LogP contribution is 2.22. The molecule has 0 bridgehead atoms. The second-order valence-electron chi connectivity index (χ2n) is 5.05. The van der Waals surface area contributed by atoms with Crippen LogP contribution in [0.3, 0.4) is 0 Å². The summed E-state index contributed by atoms with van der Waals surface area (Å²) >= 11 is 1.89. The van der Waals surface area contributed by atoms with Crippen molar-refractivity contribution in [2.24, 2.45) is 0 Å². The Hall–Kier alpha value is -1.27. The van der Waals surface area contributed by atoms with Gasteiger partial charge in [-0.3, -0.25) is 4.79 Å². The normalized spacial score (nSPS) is 18.2. The molecule has 1 aromatic heterocycles. The van der Waals surface area contributed by atoms with E-state index in [1.807, 2.05) is 30.8 Å². The summed E-state index contributed by atoms with van der Waals surface area (Å²) in [6.07, 6.45) is 2.89. The van der Waals surface area contributed by atoms with Gasteiger partial charge < -0.3 is 15.0 Å². The molecular weight excluding hydrogens is 274 g/mol. The number of carbonyl (C=O) groups is 1. The molecule has 20 heavy (non-hydrogen) atoms. The van der Waals surface area contributed by atoms with Crippen LogP contribution in [0.15, 0.2) is 18.3 Å². The van der Waals surface area contributed by atoms with Gasteiger partial charge in [-0.05, 0) is 32.3 Å². The number of likely N-dealkylation sites (N-methyl/N-ethyl adjacent to an activating group) is 1. The average Bonchev–Trinajstić information content (AvgIpc) is 2.91. The first-order valence-corrected chi connectivity index (χ1v) is 7.94. The number of nitrogens with one attached hydrogen (secondary N) is 1. The molecular formula is C14H21N3O2S. The third-order valence-electron chi connectivity index (χ3n) is 3.02. The highest BCUT2D eigenvalue weighted by molar-refractivity contribution is 7.99. The van der Waals surface area contributed by atoms with Crippen molar-refractivity contribution in [3.05, 3.63) is 23.9 Å². The van der Waals surface area contributed by atoms with E-state index >= 15 is 0 Å². The molecule has 0 radical (unpaired) electrons. The maximum absolute atomic E-state index is 12.0. The maximum Gasteiger partial charge on any atom is 0.251 e. The molecule has 0 aliphatic carbocycles. The Morgan fingerprint density at radius 3 is 3.15 bits per heavy atom. The van der Waals surface area contributed by atoms with Crippen molar-refractivity contribution in [2.45, 2.75) is 12.5 Å². The van der Waals surface area contributed by atoms with Gasteiger partial charge in [-0.2, -0.15) is 11.8 Å². The molecule has 0 saturated carbocycles. The summed E-state index contributed by atoms with van der Waals surface area (Å²) < 4.78 is 5.79. The van der Waals surface area contributed by atoms with Gasteiger partial charge >= 0.3 is 0 Å². The van der Waals surface area contributed by atoms with Gasteiger partial charge in [0.15, 0.2) is 0 Å². The summed E-state index contributed by atoms with van der Waals surface area (Å²) in [5.74, 6) is 2.59. The molecule has 2 rings (SSSR count). The van der Waals surface area contributed by atoms with Crippen LogP contribution in [-0.2, 0) is 0 Å². The minimum absolute atomic E-state index is 0.0834. The molecule has 1 aliphatic rings. The molecule has 1 N–H and O–H groups in total. The number of nitrogens with zero attached hydrogens (tertiary/aromatic N) is 2. The van der Waals surface area contributed by atoms with E-state index in [2.05, 4.69) is 10.3 Å². The number of pyridine rings is 1. The number of aromatic nitrogens is 1. The van der Waals surface area contributed by atoms with Gasteiger partial charge in [0.25, 0.3) is 5.91 Å². The van der Waals surface area contributed by atoms with Gasteiger partial charge in [-0.15, -0.1) is 0 Å². The second-order valence-corrected chi connectivity index (χ2v) is 6.20. The van der Waals surface area contributed by atoms with Crippen LogP contribution < -0.4 is 10.1 Å². The molecule has 5 nitrogen and oxygen atoms in total. The summed E-state index contributed by atoms with van der Waals surface area (Å²) in [6, 6.07) is 3.43. The van der Waals surface area contributed by atoms with E-state index in [4.69, 9.17) is 4.74 Å². The molecule has 1 saturated heterocycles. The zero-order chi connectivity index (χ0) is 14.4. The summed E-state index contributed by atoms with van der Waals surface area (Å²) in [6.45, 7) is 1.45. The molecule has 0 spiro atoms. The van der Waals surface area contributed by atoms with Crippen LogP contribution in [0, 0.1) is 0 Å². The van der Waals surface area contributed by atoms with Crippen LogP contribution in [0.2, 0.25) is 0 Å². The smallest absolute Gasteiger partial charge is 0.251 e. The van der Waals surface area contributed by atoms with Crippen molar-refractivity contribution < 1.29 is 9.53 Å². The Morgan fingerprint density at radius 1 is 1.60 bits per heavy atom. The summed E-state index contributed by atoms with van der Waals surface area (Å²) in [4.78, 5) is 18.2. The van der Waals surface area contributed by atoms with E-state index in [0.717, 1.165) is 24.5 Å². The number of amides is 1. The van der Waals surface area contributed by atoms with Crippen LogP contribution in [-0.4, -0.2) is 60.6 Å². The Kier molecular flexibility index (Phi) is 5.67.